The number of hydrogen-bond donors (Lipinski definition) is 3. The molecule has 218 valence electrons. The number of rotatable bonds is 9. The second kappa shape index (κ2) is 15.4. The number of aliphatic hydroxyl groups is 1. The lowest BCUT2D eigenvalue weighted by Crippen LogP contribution is -2.39. The molecule has 2 aromatic rings. The Morgan fingerprint density at radius 1 is 1.25 bits per heavy atom. The highest BCUT2D eigenvalue weighted by Crippen LogP contribution is 2.23. The second-order valence-electron chi connectivity index (χ2n) is 9.66. The summed E-state index contributed by atoms with van der Waals surface area (Å²) in [4.78, 5) is 32.5. The molecule has 1 aromatic carbocycles. The SMILES string of the molecule is CC(C)CN(Nc1nc(C#N)ncc1Cl)C(=O)c1ccc(CN2CCC(CCO)CC2)cc1.O=C(O)C(F)(F)F. The Morgan fingerprint density at radius 2 is 1.85 bits per heavy atom. The number of benzene rings is 1. The molecule has 1 aliphatic heterocycles. The number of likely N-dealkylation sites (tertiary alicyclic amines) is 1. The summed E-state index contributed by atoms with van der Waals surface area (Å²) >= 11 is 6.17. The molecule has 1 fully saturated rings. The van der Waals surface area contributed by atoms with E-state index >= 15 is 0 Å². The van der Waals surface area contributed by atoms with Gasteiger partial charge in [-0.05, 0) is 61.9 Å². The Kier molecular flexibility index (Phi) is 12.6. The quantitative estimate of drug-likeness (QED) is 0.366. The summed E-state index contributed by atoms with van der Waals surface area (Å²) in [6, 6.07) is 9.54. The fraction of sp³-hybridized carbons (Fsp3) is 0.500. The summed E-state index contributed by atoms with van der Waals surface area (Å²) in [6.45, 7) is 7.64. The minimum Gasteiger partial charge on any atom is -0.475 e. The number of hydrazine groups is 1. The third-order valence-corrected chi connectivity index (χ3v) is 6.25. The van der Waals surface area contributed by atoms with Crippen LogP contribution in [0.5, 0.6) is 0 Å². The molecule has 0 bridgehead atoms. The first-order valence-electron chi connectivity index (χ1n) is 12.6. The number of hydrogen-bond acceptors (Lipinski definition) is 8. The normalized spacial score (nSPS) is 14.2. The highest BCUT2D eigenvalue weighted by atomic mass is 35.5. The van der Waals surface area contributed by atoms with Crippen molar-refractivity contribution in [3.8, 4) is 6.07 Å². The van der Waals surface area contributed by atoms with Gasteiger partial charge in [0.2, 0.25) is 5.82 Å². The molecule has 0 spiro atoms. The first-order valence-corrected chi connectivity index (χ1v) is 12.9. The summed E-state index contributed by atoms with van der Waals surface area (Å²) in [5.41, 5.74) is 4.68. The molecule has 0 aliphatic carbocycles. The van der Waals surface area contributed by atoms with Crippen LogP contribution in [0.4, 0.5) is 19.0 Å². The van der Waals surface area contributed by atoms with Crippen LogP contribution in [-0.2, 0) is 11.3 Å². The Balaban J connectivity index is 0.000000708. The maximum atomic E-state index is 13.2. The number of piperidine rings is 1. The van der Waals surface area contributed by atoms with Crippen LogP contribution < -0.4 is 5.43 Å². The summed E-state index contributed by atoms with van der Waals surface area (Å²) in [6.07, 6.45) is -0.614. The van der Waals surface area contributed by atoms with Crippen LogP contribution in [0.25, 0.3) is 0 Å². The van der Waals surface area contributed by atoms with Gasteiger partial charge in [0.15, 0.2) is 5.82 Å². The van der Waals surface area contributed by atoms with Gasteiger partial charge < -0.3 is 10.2 Å². The van der Waals surface area contributed by atoms with Crippen LogP contribution in [0, 0.1) is 23.2 Å². The van der Waals surface area contributed by atoms with Crippen molar-refractivity contribution in [1.29, 1.82) is 5.26 Å². The molecule has 1 aromatic heterocycles. The molecular weight excluding hydrogens is 553 g/mol. The number of aliphatic hydroxyl groups excluding tert-OH is 1. The minimum absolute atomic E-state index is 0.0245. The number of amides is 1. The smallest absolute Gasteiger partial charge is 0.475 e. The summed E-state index contributed by atoms with van der Waals surface area (Å²) in [7, 11) is 0. The Labute approximate surface area is 235 Å². The summed E-state index contributed by atoms with van der Waals surface area (Å²) in [5, 5.41) is 27.0. The molecule has 1 aliphatic rings. The predicted octanol–water partition coefficient (Wildman–Crippen LogP) is 4.35. The monoisotopic (exact) mass is 584 g/mol. The zero-order valence-corrected chi connectivity index (χ0v) is 22.9. The highest BCUT2D eigenvalue weighted by Gasteiger charge is 2.38. The van der Waals surface area contributed by atoms with Gasteiger partial charge in [0.05, 0.1) is 6.20 Å². The molecular formula is C26H32ClF3N6O4. The number of aliphatic carboxylic acids is 1. The zero-order valence-electron chi connectivity index (χ0n) is 22.2. The molecule has 0 saturated carbocycles. The first-order chi connectivity index (χ1) is 18.8. The molecule has 10 nitrogen and oxygen atoms in total. The average molecular weight is 585 g/mol. The predicted molar refractivity (Wildman–Crippen MR) is 141 cm³/mol. The molecule has 1 saturated heterocycles. The number of carboxylic acids is 1. The number of nitrogens with one attached hydrogen (secondary N) is 1. The third-order valence-electron chi connectivity index (χ3n) is 5.97. The van der Waals surface area contributed by atoms with E-state index in [1.807, 2.05) is 44.2 Å². The van der Waals surface area contributed by atoms with Crippen LogP contribution in [-0.4, -0.2) is 74.4 Å². The largest absolute Gasteiger partial charge is 0.490 e. The van der Waals surface area contributed by atoms with E-state index in [1.54, 1.807) is 0 Å². The van der Waals surface area contributed by atoms with Crippen molar-refractivity contribution in [3.63, 3.8) is 0 Å². The molecule has 0 radical (unpaired) electrons. The highest BCUT2D eigenvalue weighted by molar-refractivity contribution is 6.32. The van der Waals surface area contributed by atoms with Crippen LogP contribution in [0.2, 0.25) is 5.02 Å². The maximum Gasteiger partial charge on any atom is 0.490 e. The van der Waals surface area contributed by atoms with Crippen molar-refractivity contribution in [2.24, 2.45) is 11.8 Å². The minimum atomic E-state index is -5.08. The number of nitrogens with zero attached hydrogens (tertiary/aromatic N) is 5. The number of nitriles is 1. The van der Waals surface area contributed by atoms with E-state index in [4.69, 9.17) is 31.9 Å². The number of alkyl halides is 3. The Morgan fingerprint density at radius 3 is 2.35 bits per heavy atom. The Hall–Kier alpha value is -3.47. The number of aromatic nitrogens is 2. The fourth-order valence-corrected chi connectivity index (χ4v) is 4.09. The molecule has 1 amide bonds. The lowest BCUT2D eigenvalue weighted by atomic mass is 9.93. The van der Waals surface area contributed by atoms with Gasteiger partial charge in [0.25, 0.3) is 5.91 Å². The summed E-state index contributed by atoms with van der Waals surface area (Å²) < 4.78 is 31.7. The van der Waals surface area contributed by atoms with Gasteiger partial charge in [0, 0.05) is 25.3 Å². The van der Waals surface area contributed by atoms with Crippen molar-refractivity contribution in [3.05, 3.63) is 52.4 Å². The molecule has 0 unspecified atom stereocenters. The number of carbonyl (C=O) groups excluding carboxylic acids is 1. The van der Waals surface area contributed by atoms with E-state index < -0.39 is 12.1 Å². The van der Waals surface area contributed by atoms with Crippen LogP contribution >= 0.6 is 11.6 Å². The molecule has 3 rings (SSSR count). The molecule has 2 heterocycles. The molecule has 40 heavy (non-hydrogen) atoms. The maximum absolute atomic E-state index is 13.2. The number of carboxylic acid groups (broad SMARTS) is 1. The lowest BCUT2D eigenvalue weighted by Gasteiger charge is -2.31. The lowest BCUT2D eigenvalue weighted by molar-refractivity contribution is -0.192. The first kappa shape index (κ1) is 32.7. The molecule has 3 N–H and O–H groups in total. The van der Waals surface area contributed by atoms with E-state index in [1.165, 1.54) is 11.2 Å². The summed E-state index contributed by atoms with van der Waals surface area (Å²) in [5.74, 6) is -1.94. The van der Waals surface area contributed by atoms with Gasteiger partial charge in [-0.25, -0.2) is 9.78 Å². The topological polar surface area (TPSA) is 143 Å². The zero-order chi connectivity index (χ0) is 29.9. The van der Waals surface area contributed by atoms with E-state index in [0.29, 0.717) is 18.0 Å². The van der Waals surface area contributed by atoms with E-state index in [0.717, 1.165) is 44.5 Å². The third kappa shape index (κ3) is 10.6. The van der Waals surface area contributed by atoms with Crippen molar-refractivity contribution in [1.82, 2.24) is 19.9 Å². The van der Waals surface area contributed by atoms with Crippen LogP contribution in [0.3, 0.4) is 0 Å². The Bertz CT molecular complexity index is 1170. The van der Waals surface area contributed by atoms with Gasteiger partial charge in [-0.3, -0.25) is 20.1 Å². The van der Waals surface area contributed by atoms with E-state index in [2.05, 4.69) is 20.3 Å². The van der Waals surface area contributed by atoms with Gasteiger partial charge in [-0.15, -0.1) is 0 Å². The van der Waals surface area contributed by atoms with Gasteiger partial charge in [0.1, 0.15) is 11.1 Å². The number of halogens is 4. The fourth-order valence-electron chi connectivity index (χ4n) is 3.95. The van der Waals surface area contributed by atoms with Crippen molar-refractivity contribution >= 4 is 29.3 Å². The average Bonchev–Trinajstić information content (AvgIpc) is 2.90. The van der Waals surface area contributed by atoms with E-state index in [9.17, 15) is 18.0 Å². The van der Waals surface area contributed by atoms with Crippen molar-refractivity contribution in [2.75, 3.05) is 31.7 Å². The number of anilines is 1. The van der Waals surface area contributed by atoms with E-state index in [-0.39, 0.29) is 35.1 Å². The van der Waals surface area contributed by atoms with Gasteiger partial charge >= 0.3 is 12.1 Å². The van der Waals surface area contributed by atoms with Crippen molar-refractivity contribution in [2.45, 2.75) is 45.8 Å². The standard InChI is InChI=1S/C24H31ClN6O2.C2HF3O2/c1-17(2)15-31(29-23-21(25)14-27-22(13-26)28-23)24(33)20-5-3-19(4-6-20)16-30-10-7-18(8-11-30)9-12-32;3-2(4,5)1(6)7/h3-6,14,17-18,32H,7-12,15-16H2,1-2H3,(H,27,28,29);(H,6,7). The van der Waals surface area contributed by atoms with Crippen LogP contribution in [0.15, 0.2) is 30.5 Å². The number of carbonyl (C=O) groups is 2. The molecule has 14 heteroatoms. The second-order valence-corrected chi connectivity index (χ2v) is 10.1. The van der Waals surface area contributed by atoms with Crippen molar-refractivity contribution < 1.29 is 33.0 Å². The molecule has 0 atom stereocenters. The van der Waals surface area contributed by atoms with Gasteiger partial charge in [-0.1, -0.05) is 37.6 Å². The van der Waals surface area contributed by atoms with Crippen LogP contribution in [0.1, 0.15) is 54.9 Å². The van der Waals surface area contributed by atoms with Gasteiger partial charge in [-0.2, -0.15) is 23.4 Å².